The molecule has 1 aromatic carbocycles. The van der Waals surface area contributed by atoms with Gasteiger partial charge in [-0.1, -0.05) is 43.5 Å². The highest BCUT2D eigenvalue weighted by molar-refractivity contribution is 6.52. The Morgan fingerprint density at radius 1 is 0.857 bits per heavy atom. The summed E-state index contributed by atoms with van der Waals surface area (Å²) in [7, 11) is 0. The Labute approximate surface area is 122 Å². The molecule has 21 heavy (non-hydrogen) atoms. The molecule has 2 aromatic rings. The van der Waals surface area contributed by atoms with Crippen molar-refractivity contribution in [1.29, 1.82) is 0 Å². The van der Waals surface area contributed by atoms with Crippen molar-refractivity contribution in [3.8, 4) is 11.3 Å². The molecule has 2 aliphatic rings. The lowest BCUT2D eigenvalue weighted by atomic mass is 9.90. The molecule has 0 amide bonds. The molecule has 0 bridgehead atoms. The van der Waals surface area contributed by atoms with Gasteiger partial charge in [-0.2, -0.15) is 9.90 Å². The van der Waals surface area contributed by atoms with Crippen LogP contribution in [-0.2, 0) is 0 Å². The molecular formula is C16H15N3O2. The van der Waals surface area contributed by atoms with Crippen molar-refractivity contribution in [2.45, 2.75) is 38.1 Å². The first-order valence-corrected chi connectivity index (χ1v) is 7.41. The number of nitrogens with zero attached hydrogens (tertiary/aromatic N) is 3. The van der Waals surface area contributed by atoms with Crippen molar-refractivity contribution >= 4 is 11.6 Å². The second kappa shape index (κ2) is 4.62. The molecule has 1 fully saturated rings. The largest absolute Gasteiger partial charge is 0.285 e. The maximum Gasteiger partial charge on any atom is 0.256 e. The van der Waals surface area contributed by atoms with E-state index in [0.29, 0.717) is 11.3 Å². The van der Waals surface area contributed by atoms with E-state index in [2.05, 4.69) is 10.2 Å². The average Bonchev–Trinajstić information content (AvgIpc) is 2.99. The number of aromatic nitrogens is 3. The summed E-state index contributed by atoms with van der Waals surface area (Å²) >= 11 is 0. The lowest BCUT2D eigenvalue weighted by Gasteiger charge is -2.20. The Morgan fingerprint density at radius 3 is 2.29 bits per heavy atom. The summed E-state index contributed by atoms with van der Waals surface area (Å²) in [6.07, 6.45) is 5.66. The van der Waals surface area contributed by atoms with Gasteiger partial charge in [0.25, 0.3) is 5.78 Å². The predicted molar refractivity (Wildman–Crippen MR) is 76.2 cm³/mol. The van der Waals surface area contributed by atoms with Gasteiger partial charge in [-0.25, -0.2) is 0 Å². The second-order valence-electron chi connectivity index (χ2n) is 5.71. The highest BCUT2D eigenvalue weighted by Crippen LogP contribution is 2.33. The first kappa shape index (κ1) is 12.4. The number of hydrogen-bond donors (Lipinski definition) is 0. The van der Waals surface area contributed by atoms with Crippen LogP contribution in [0.1, 0.15) is 59.0 Å². The van der Waals surface area contributed by atoms with E-state index < -0.39 is 11.6 Å². The van der Waals surface area contributed by atoms with E-state index in [1.807, 2.05) is 12.1 Å². The second-order valence-corrected chi connectivity index (χ2v) is 5.71. The molecule has 0 aliphatic heterocycles. The number of fused-ring (bicyclic) bond motifs is 3. The zero-order chi connectivity index (χ0) is 14.4. The van der Waals surface area contributed by atoms with Crippen LogP contribution in [0.2, 0.25) is 0 Å². The molecule has 0 N–H and O–H groups in total. The lowest BCUT2D eigenvalue weighted by molar-refractivity contribution is 0.0811. The maximum absolute atomic E-state index is 12.2. The molecular weight excluding hydrogens is 266 g/mol. The average molecular weight is 281 g/mol. The molecule has 5 heteroatoms. The first-order valence-electron chi connectivity index (χ1n) is 7.41. The summed E-state index contributed by atoms with van der Waals surface area (Å²) in [5.74, 6) is -1.01. The summed E-state index contributed by atoms with van der Waals surface area (Å²) < 4.78 is 0. The molecule has 106 valence electrons. The molecule has 1 aromatic heterocycles. The van der Waals surface area contributed by atoms with Crippen LogP contribution >= 0.6 is 0 Å². The standard InChI is InChI=1S/C16H15N3O2/c20-15-12-9-5-4-8-11(12)13-14(16(15)21)18-19(17-13)10-6-2-1-3-7-10/h4-5,8-10H,1-3,6-7H2. The summed E-state index contributed by atoms with van der Waals surface area (Å²) in [6.45, 7) is 0. The summed E-state index contributed by atoms with van der Waals surface area (Å²) in [4.78, 5) is 26.0. The van der Waals surface area contributed by atoms with Crippen molar-refractivity contribution < 1.29 is 9.59 Å². The Hall–Kier alpha value is -2.30. The van der Waals surface area contributed by atoms with Crippen LogP contribution in [0.25, 0.3) is 11.3 Å². The molecule has 4 rings (SSSR count). The van der Waals surface area contributed by atoms with Crippen LogP contribution < -0.4 is 0 Å². The molecule has 5 nitrogen and oxygen atoms in total. The molecule has 0 saturated heterocycles. The van der Waals surface area contributed by atoms with Gasteiger partial charge in [-0.15, -0.1) is 5.10 Å². The smallest absolute Gasteiger partial charge is 0.256 e. The van der Waals surface area contributed by atoms with Gasteiger partial charge in [-0.05, 0) is 12.8 Å². The normalized spacial score (nSPS) is 18.5. The number of rotatable bonds is 1. The van der Waals surface area contributed by atoms with Gasteiger partial charge < -0.3 is 0 Å². The number of Topliss-reactive ketones (excluding diaryl/α,β-unsaturated/α-hetero) is 2. The fourth-order valence-corrected chi connectivity index (χ4v) is 3.25. The number of carbonyl (C=O) groups excluding carboxylic acids is 2. The Kier molecular flexibility index (Phi) is 2.74. The Balaban J connectivity index is 1.84. The Bertz CT molecular complexity index is 742. The topological polar surface area (TPSA) is 64.8 Å². The number of hydrogen-bond acceptors (Lipinski definition) is 4. The van der Waals surface area contributed by atoms with E-state index in [1.165, 1.54) is 19.3 Å². The highest BCUT2D eigenvalue weighted by Gasteiger charge is 2.35. The molecule has 0 atom stereocenters. The zero-order valence-corrected chi connectivity index (χ0v) is 11.6. The molecule has 2 aliphatic carbocycles. The number of benzene rings is 1. The summed E-state index contributed by atoms with van der Waals surface area (Å²) in [6, 6.07) is 7.38. The van der Waals surface area contributed by atoms with Crippen LogP contribution in [0.5, 0.6) is 0 Å². The van der Waals surface area contributed by atoms with Crippen molar-refractivity contribution in [3.63, 3.8) is 0 Å². The predicted octanol–water partition coefficient (Wildman–Crippen LogP) is 2.83. The van der Waals surface area contributed by atoms with Gasteiger partial charge >= 0.3 is 0 Å². The van der Waals surface area contributed by atoms with Crippen molar-refractivity contribution in [2.75, 3.05) is 0 Å². The van der Waals surface area contributed by atoms with Gasteiger partial charge in [0.05, 0.1) is 6.04 Å². The Morgan fingerprint density at radius 2 is 1.52 bits per heavy atom. The van der Waals surface area contributed by atoms with Crippen LogP contribution in [0.4, 0.5) is 0 Å². The minimum absolute atomic E-state index is 0.212. The van der Waals surface area contributed by atoms with Gasteiger partial charge in [0.1, 0.15) is 5.69 Å². The monoisotopic (exact) mass is 281 g/mol. The molecule has 0 spiro atoms. The van der Waals surface area contributed by atoms with E-state index >= 15 is 0 Å². The van der Waals surface area contributed by atoms with Crippen LogP contribution in [0.3, 0.4) is 0 Å². The molecule has 1 heterocycles. The minimum Gasteiger partial charge on any atom is -0.285 e. The van der Waals surface area contributed by atoms with E-state index in [9.17, 15) is 9.59 Å². The third-order valence-electron chi connectivity index (χ3n) is 4.38. The summed E-state index contributed by atoms with van der Waals surface area (Å²) in [5.41, 5.74) is 1.93. The van der Waals surface area contributed by atoms with E-state index in [-0.39, 0.29) is 11.7 Å². The van der Waals surface area contributed by atoms with Crippen molar-refractivity contribution in [1.82, 2.24) is 15.0 Å². The van der Waals surface area contributed by atoms with Crippen molar-refractivity contribution in [2.24, 2.45) is 0 Å². The zero-order valence-electron chi connectivity index (χ0n) is 11.6. The fourth-order valence-electron chi connectivity index (χ4n) is 3.25. The highest BCUT2D eigenvalue weighted by atomic mass is 16.2. The molecule has 1 saturated carbocycles. The fraction of sp³-hybridized carbons (Fsp3) is 0.375. The molecule has 0 radical (unpaired) electrons. The van der Waals surface area contributed by atoms with E-state index in [1.54, 1.807) is 16.9 Å². The number of ketones is 2. The summed E-state index contributed by atoms with van der Waals surface area (Å²) in [5, 5.41) is 8.87. The molecule has 0 unspecified atom stereocenters. The first-order chi connectivity index (χ1) is 10.3. The quantitative estimate of drug-likeness (QED) is 0.754. The van der Waals surface area contributed by atoms with E-state index in [4.69, 9.17) is 0 Å². The van der Waals surface area contributed by atoms with Gasteiger partial charge in [0, 0.05) is 11.1 Å². The minimum atomic E-state index is -0.536. The lowest BCUT2D eigenvalue weighted by Crippen LogP contribution is -2.21. The SMILES string of the molecule is O=C1C(=O)c2nn(C3CCCCC3)nc2-c2ccccc21. The van der Waals surface area contributed by atoms with Crippen LogP contribution in [0.15, 0.2) is 24.3 Å². The third kappa shape index (κ3) is 1.84. The van der Waals surface area contributed by atoms with Gasteiger partial charge in [0.15, 0.2) is 5.69 Å². The van der Waals surface area contributed by atoms with Gasteiger partial charge in [0.2, 0.25) is 5.78 Å². The maximum atomic E-state index is 12.2. The number of carbonyl (C=O) groups is 2. The van der Waals surface area contributed by atoms with Crippen molar-refractivity contribution in [3.05, 3.63) is 35.5 Å². The van der Waals surface area contributed by atoms with E-state index in [0.717, 1.165) is 18.4 Å². The van der Waals surface area contributed by atoms with Crippen LogP contribution in [-0.4, -0.2) is 26.6 Å². The van der Waals surface area contributed by atoms with Crippen LogP contribution in [0, 0.1) is 0 Å². The van der Waals surface area contributed by atoms with Gasteiger partial charge in [-0.3, -0.25) is 9.59 Å². The third-order valence-corrected chi connectivity index (χ3v) is 4.38.